The highest BCUT2D eigenvalue weighted by molar-refractivity contribution is 6.05. The standard InChI is InChI=1S/C22H22N6O3/c23-21(30)27-12-16(15-5-1-2-6-17(15)27)26-22(31)28-18-8-14(18)9-19(28)20(29)25-11-13-4-3-7-24-10-13/h1-7,10,12,14,18-19H,8-9,11H2,(H2,23,30)(H,25,29)(H,26,31)/t14?,18-,19+/m1/s1. The van der Waals surface area contributed by atoms with E-state index < -0.39 is 12.1 Å². The molecule has 0 spiro atoms. The van der Waals surface area contributed by atoms with Crippen LogP contribution in [0.3, 0.4) is 0 Å². The van der Waals surface area contributed by atoms with Gasteiger partial charge in [0.25, 0.3) is 0 Å². The number of urea groups is 1. The summed E-state index contributed by atoms with van der Waals surface area (Å²) in [5, 5.41) is 6.51. The second-order valence-electron chi connectivity index (χ2n) is 8.00. The lowest BCUT2D eigenvalue weighted by atomic mass is 10.1. The molecule has 158 valence electrons. The van der Waals surface area contributed by atoms with Crippen molar-refractivity contribution in [2.75, 3.05) is 5.32 Å². The van der Waals surface area contributed by atoms with E-state index in [9.17, 15) is 14.4 Å². The van der Waals surface area contributed by atoms with Crippen LogP contribution in [0.25, 0.3) is 10.9 Å². The van der Waals surface area contributed by atoms with Gasteiger partial charge in [0.05, 0.1) is 11.2 Å². The lowest BCUT2D eigenvalue weighted by Gasteiger charge is -2.27. The quantitative estimate of drug-likeness (QED) is 0.601. The molecule has 31 heavy (non-hydrogen) atoms. The van der Waals surface area contributed by atoms with E-state index in [-0.39, 0.29) is 18.0 Å². The van der Waals surface area contributed by atoms with Gasteiger partial charge in [0, 0.05) is 36.6 Å². The summed E-state index contributed by atoms with van der Waals surface area (Å²) in [4.78, 5) is 43.5. The lowest BCUT2D eigenvalue weighted by molar-refractivity contribution is -0.125. The second kappa shape index (κ2) is 7.42. The van der Waals surface area contributed by atoms with Crippen LogP contribution in [-0.2, 0) is 11.3 Å². The molecule has 1 unspecified atom stereocenters. The molecule has 4 amide bonds. The molecule has 1 saturated heterocycles. The molecule has 2 fully saturated rings. The zero-order chi connectivity index (χ0) is 21.5. The van der Waals surface area contributed by atoms with Crippen LogP contribution in [0.15, 0.2) is 55.0 Å². The number of carbonyl (C=O) groups is 3. The van der Waals surface area contributed by atoms with E-state index >= 15 is 0 Å². The first-order valence-corrected chi connectivity index (χ1v) is 10.2. The second-order valence-corrected chi connectivity index (χ2v) is 8.00. The number of para-hydroxylation sites is 1. The molecular weight excluding hydrogens is 396 g/mol. The summed E-state index contributed by atoms with van der Waals surface area (Å²) < 4.78 is 1.30. The highest BCUT2D eigenvalue weighted by Gasteiger charge is 2.56. The molecule has 0 radical (unpaired) electrons. The predicted octanol–water partition coefficient (Wildman–Crippen LogP) is 2.27. The van der Waals surface area contributed by atoms with E-state index in [0.717, 1.165) is 12.0 Å². The topological polar surface area (TPSA) is 122 Å². The molecule has 4 N–H and O–H groups in total. The largest absolute Gasteiger partial charge is 0.351 e. The number of hydrogen-bond acceptors (Lipinski definition) is 4. The summed E-state index contributed by atoms with van der Waals surface area (Å²) >= 11 is 0. The maximum atomic E-state index is 13.2. The number of anilines is 1. The number of pyridine rings is 1. The molecule has 3 aromatic rings. The lowest BCUT2D eigenvalue weighted by Crippen LogP contribution is -2.49. The minimum absolute atomic E-state index is 0.0682. The number of piperidine rings is 1. The van der Waals surface area contributed by atoms with E-state index in [4.69, 9.17) is 5.73 Å². The Morgan fingerprint density at radius 2 is 1.97 bits per heavy atom. The number of rotatable bonds is 4. The number of nitrogens with zero attached hydrogens (tertiary/aromatic N) is 3. The van der Waals surface area contributed by atoms with Gasteiger partial charge in [0.15, 0.2) is 0 Å². The van der Waals surface area contributed by atoms with Gasteiger partial charge in [-0.3, -0.25) is 14.3 Å². The summed E-state index contributed by atoms with van der Waals surface area (Å²) in [5.41, 5.74) is 7.46. The molecule has 2 aliphatic rings. The number of fused-ring (bicyclic) bond motifs is 2. The normalized spacial score (nSPS) is 21.5. The van der Waals surface area contributed by atoms with Gasteiger partial charge in [-0.2, -0.15) is 0 Å². The Bertz CT molecular complexity index is 1170. The third-order valence-corrected chi connectivity index (χ3v) is 6.02. The summed E-state index contributed by atoms with van der Waals surface area (Å²) in [6.45, 7) is 0.361. The summed E-state index contributed by atoms with van der Waals surface area (Å²) in [6, 6.07) is 9.46. The Balaban J connectivity index is 1.33. The van der Waals surface area contributed by atoms with Crippen molar-refractivity contribution in [3.8, 4) is 0 Å². The van der Waals surface area contributed by atoms with Crippen molar-refractivity contribution in [3.63, 3.8) is 0 Å². The van der Waals surface area contributed by atoms with Gasteiger partial charge in [-0.25, -0.2) is 9.59 Å². The first kappa shape index (κ1) is 19.1. The number of carbonyl (C=O) groups excluding carboxylic acids is 3. The van der Waals surface area contributed by atoms with E-state index in [0.29, 0.717) is 35.5 Å². The predicted molar refractivity (Wildman–Crippen MR) is 114 cm³/mol. The Morgan fingerprint density at radius 3 is 2.74 bits per heavy atom. The molecular formula is C22H22N6O3. The van der Waals surface area contributed by atoms with Gasteiger partial charge in [-0.1, -0.05) is 24.3 Å². The zero-order valence-corrected chi connectivity index (χ0v) is 16.7. The van der Waals surface area contributed by atoms with Crippen molar-refractivity contribution in [3.05, 3.63) is 60.6 Å². The third-order valence-electron chi connectivity index (χ3n) is 6.02. The van der Waals surface area contributed by atoms with Crippen molar-refractivity contribution in [2.24, 2.45) is 11.7 Å². The van der Waals surface area contributed by atoms with E-state index in [1.165, 1.54) is 10.8 Å². The van der Waals surface area contributed by atoms with Gasteiger partial charge >= 0.3 is 12.1 Å². The van der Waals surface area contributed by atoms with Crippen LogP contribution in [0.5, 0.6) is 0 Å². The number of amides is 4. The minimum atomic E-state index is -0.632. The fraction of sp³-hybridized carbons (Fsp3) is 0.273. The van der Waals surface area contributed by atoms with Crippen LogP contribution >= 0.6 is 0 Å². The number of nitrogens with one attached hydrogen (secondary N) is 2. The average molecular weight is 418 g/mol. The average Bonchev–Trinajstić information content (AvgIpc) is 3.28. The van der Waals surface area contributed by atoms with Gasteiger partial charge in [-0.05, 0) is 36.5 Å². The van der Waals surface area contributed by atoms with E-state index in [2.05, 4.69) is 15.6 Å². The molecule has 3 heterocycles. The maximum absolute atomic E-state index is 13.2. The number of primary amides is 1. The Hall–Kier alpha value is -3.88. The van der Waals surface area contributed by atoms with Gasteiger partial charge in [-0.15, -0.1) is 0 Å². The van der Waals surface area contributed by atoms with Crippen LogP contribution < -0.4 is 16.4 Å². The number of hydrogen-bond donors (Lipinski definition) is 3. The van der Waals surface area contributed by atoms with Gasteiger partial charge in [0.2, 0.25) is 5.91 Å². The van der Waals surface area contributed by atoms with Crippen molar-refractivity contribution in [1.29, 1.82) is 0 Å². The third kappa shape index (κ3) is 3.48. The number of likely N-dealkylation sites (tertiary alicyclic amines) is 1. The molecule has 0 bridgehead atoms. The van der Waals surface area contributed by atoms with Crippen molar-refractivity contribution >= 4 is 34.6 Å². The molecule has 2 aromatic heterocycles. The summed E-state index contributed by atoms with van der Waals surface area (Å²) in [6.07, 6.45) is 6.45. The van der Waals surface area contributed by atoms with Crippen molar-refractivity contribution in [1.82, 2.24) is 19.8 Å². The van der Waals surface area contributed by atoms with Gasteiger partial charge < -0.3 is 21.3 Å². The SMILES string of the molecule is NC(=O)n1cc(NC(=O)N2[C@@H]3CC3C[C@H]2C(=O)NCc2cccnc2)c2ccccc21. The first-order chi connectivity index (χ1) is 15.0. The molecule has 1 aliphatic heterocycles. The number of benzene rings is 1. The highest BCUT2D eigenvalue weighted by Crippen LogP contribution is 2.48. The Labute approximate surface area is 178 Å². The van der Waals surface area contributed by atoms with Crippen LogP contribution in [0.4, 0.5) is 15.3 Å². The van der Waals surface area contributed by atoms with Crippen molar-refractivity contribution in [2.45, 2.75) is 31.5 Å². The Morgan fingerprint density at radius 1 is 1.13 bits per heavy atom. The number of nitrogens with two attached hydrogens (primary N) is 1. The fourth-order valence-electron chi connectivity index (χ4n) is 4.43. The van der Waals surface area contributed by atoms with Crippen LogP contribution in [-0.4, -0.2) is 44.5 Å². The zero-order valence-electron chi connectivity index (χ0n) is 16.7. The van der Waals surface area contributed by atoms with Crippen LogP contribution in [0, 0.1) is 5.92 Å². The Kier molecular flexibility index (Phi) is 4.58. The smallest absolute Gasteiger partial charge is 0.323 e. The molecule has 1 saturated carbocycles. The van der Waals surface area contributed by atoms with Crippen LogP contribution in [0.2, 0.25) is 0 Å². The molecule has 9 heteroatoms. The van der Waals surface area contributed by atoms with E-state index in [1.54, 1.807) is 29.4 Å². The monoisotopic (exact) mass is 418 g/mol. The van der Waals surface area contributed by atoms with Crippen molar-refractivity contribution < 1.29 is 14.4 Å². The molecule has 3 atom stereocenters. The highest BCUT2D eigenvalue weighted by atomic mass is 16.2. The minimum Gasteiger partial charge on any atom is -0.351 e. The number of aromatic nitrogens is 2. The summed E-state index contributed by atoms with van der Waals surface area (Å²) in [7, 11) is 0. The van der Waals surface area contributed by atoms with Crippen LogP contribution in [0.1, 0.15) is 18.4 Å². The van der Waals surface area contributed by atoms with E-state index in [1.807, 2.05) is 24.3 Å². The molecule has 1 aliphatic carbocycles. The molecule has 5 rings (SSSR count). The first-order valence-electron chi connectivity index (χ1n) is 10.2. The fourth-order valence-corrected chi connectivity index (χ4v) is 4.43. The maximum Gasteiger partial charge on any atom is 0.323 e. The molecule has 9 nitrogen and oxygen atoms in total. The molecule has 1 aromatic carbocycles. The summed E-state index contributed by atoms with van der Waals surface area (Å²) in [5.74, 6) is 0.178. The van der Waals surface area contributed by atoms with Gasteiger partial charge in [0.1, 0.15) is 6.04 Å².